The Kier molecular flexibility index (Phi) is 4.84. The second kappa shape index (κ2) is 6.65. The SMILES string of the molecule is CC(C)(c1ccc(CC(=O)O)cc1)c1ccc(CC(=O)O)cc1. The summed E-state index contributed by atoms with van der Waals surface area (Å²) in [6, 6.07) is 15.1. The van der Waals surface area contributed by atoms with Gasteiger partial charge in [-0.2, -0.15) is 0 Å². The molecule has 0 fully saturated rings. The highest BCUT2D eigenvalue weighted by Crippen LogP contribution is 2.31. The molecule has 0 saturated heterocycles. The van der Waals surface area contributed by atoms with Crippen molar-refractivity contribution >= 4 is 11.9 Å². The maximum absolute atomic E-state index is 10.7. The van der Waals surface area contributed by atoms with Crippen LogP contribution in [-0.2, 0) is 27.8 Å². The molecule has 0 aromatic heterocycles. The number of rotatable bonds is 6. The van der Waals surface area contributed by atoms with Gasteiger partial charge in [0.2, 0.25) is 0 Å². The Bertz CT molecular complexity index is 636. The molecule has 120 valence electrons. The molecule has 2 aromatic rings. The molecule has 2 N–H and O–H groups in total. The van der Waals surface area contributed by atoms with Gasteiger partial charge in [0.25, 0.3) is 0 Å². The lowest BCUT2D eigenvalue weighted by Crippen LogP contribution is -2.19. The number of carbonyl (C=O) groups is 2. The standard InChI is InChI=1S/C19H20O4/c1-19(2,15-7-3-13(4-8-15)11-17(20)21)16-9-5-14(6-10-16)12-18(22)23/h3-10H,11-12H2,1-2H3,(H,20,21)(H,22,23). The van der Waals surface area contributed by atoms with Crippen molar-refractivity contribution in [3.8, 4) is 0 Å². The van der Waals surface area contributed by atoms with Gasteiger partial charge in [-0.3, -0.25) is 9.59 Å². The Morgan fingerprint density at radius 2 is 1.04 bits per heavy atom. The Balaban J connectivity index is 2.23. The van der Waals surface area contributed by atoms with Crippen LogP contribution >= 0.6 is 0 Å². The van der Waals surface area contributed by atoms with E-state index in [0.29, 0.717) is 0 Å². The molecule has 2 aromatic carbocycles. The van der Waals surface area contributed by atoms with E-state index in [9.17, 15) is 9.59 Å². The molecule has 0 saturated carbocycles. The molecule has 0 unspecified atom stereocenters. The lowest BCUT2D eigenvalue weighted by Gasteiger charge is -2.26. The fraction of sp³-hybridized carbons (Fsp3) is 0.263. The molecule has 4 heteroatoms. The molecule has 0 aliphatic rings. The van der Waals surface area contributed by atoms with Gasteiger partial charge in [-0.05, 0) is 22.3 Å². The van der Waals surface area contributed by atoms with Gasteiger partial charge in [0, 0.05) is 5.41 Å². The van der Waals surface area contributed by atoms with Crippen molar-refractivity contribution < 1.29 is 19.8 Å². The topological polar surface area (TPSA) is 74.6 Å². The Morgan fingerprint density at radius 1 is 0.739 bits per heavy atom. The van der Waals surface area contributed by atoms with E-state index in [2.05, 4.69) is 13.8 Å². The monoisotopic (exact) mass is 312 g/mol. The van der Waals surface area contributed by atoms with E-state index in [-0.39, 0.29) is 18.3 Å². The van der Waals surface area contributed by atoms with Crippen LogP contribution in [0.15, 0.2) is 48.5 Å². The highest BCUT2D eigenvalue weighted by atomic mass is 16.4. The minimum Gasteiger partial charge on any atom is -0.481 e. The first kappa shape index (κ1) is 16.7. The van der Waals surface area contributed by atoms with E-state index >= 15 is 0 Å². The third-order valence-electron chi connectivity index (χ3n) is 4.06. The summed E-state index contributed by atoms with van der Waals surface area (Å²) < 4.78 is 0. The first-order valence-electron chi connectivity index (χ1n) is 7.41. The van der Waals surface area contributed by atoms with Crippen molar-refractivity contribution in [2.75, 3.05) is 0 Å². The number of hydrogen-bond donors (Lipinski definition) is 2. The maximum atomic E-state index is 10.7. The van der Waals surface area contributed by atoms with Crippen molar-refractivity contribution in [3.05, 3.63) is 70.8 Å². The van der Waals surface area contributed by atoms with Crippen molar-refractivity contribution in [1.82, 2.24) is 0 Å². The summed E-state index contributed by atoms with van der Waals surface area (Å²) in [4.78, 5) is 21.5. The number of aliphatic carboxylic acids is 2. The largest absolute Gasteiger partial charge is 0.481 e. The molecule has 0 heterocycles. The summed E-state index contributed by atoms with van der Waals surface area (Å²) in [7, 11) is 0. The van der Waals surface area contributed by atoms with Gasteiger partial charge >= 0.3 is 11.9 Å². The maximum Gasteiger partial charge on any atom is 0.307 e. The van der Waals surface area contributed by atoms with E-state index in [1.54, 1.807) is 0 Å². The summed E-state index contributed by atoms with van der Waals surface area (Å²) in [5.41, 5.74) is 3.46. The first-order chi connectivity index (χ1) is 10.8. The van der Waals surface area contributed by atoms with Crippen molar-refractivity contribution in [2.45, 2.75) is 32.1 Å². The predicted molar refractivity (Wildman–Crippen MR) is 87.7 cm³/mol. The van der Waals surface area contributed by atoms with Crippen LogP contribution in [0, 0.1) is 0 Å². The van der Waals surface area contributed by atoms with Crippen molar-refractivity contribution in [3.63, 3.8) is 0 Å². The minimum atomic E-state index is -0.842. The quantitative estimate of drug-likeness (QED) is 0.858. The van der Waals surface area contributed by atoms with E-state index in [0.717, 1.165) is 22.3 Å². The zero-order valence-electron chi connectivity index (χ0n) is 13.2. The van der Waals surface area contributed by atoms with E-state index in [4.69, 9.17) is 10.2 Å². The summed E-state index contributed by atoms with van der Waals surface area (Å²) in [5, 5.41) is 17.6. The van der Waals surface area contributed by atoms with Crippen LogP contribution in [0.4, 0.5) is 0 Å². The normalized spacial score (nSPS) is 11.2. The van der Waals surface area contributed by atoms with Gasteiger partial charge in [0.15, 0.2) is 0 Å². The molecule has 0 amide bonds. The Hall–Kier alpha value is -2.62. The number of benzene rings is 2. The highest BCUT2D eigenvalue weighted by Gasteiger charge is 2.23. The van der Waals surface area contributed by atoms with Gasteiger partial charge in [0.1, 0.15) is 0 Å². The third-order valence-corrected chi connectivity index (χ3v) is 4.06. The fourth-order valence-electron chi connectivity index (χ4n) is 2.59. The second-order valence-electron chi connectivity index (χ2n) is 6.16. The number of carboxylic acid groups (broad SMARTS) is 2. The second-order valence-corrected chi connectivity index (χ2v) is 6.16. The summed E-state index contributed by atoms with van der Waals surface area (Å²) in [6.07, 6.45) is 0.0369. The average molecular weight is 312 g/mol. The molecule has 0 spiro atoms. The predicted octanol–water partition coefficient (Wildman–Crippen LogP) is 3.27. The first-order valence-corrected chi connectivity index (χ1v) is 7.41. The van der Waals surface area contributed by atoms with Crippen LogP contribution in [-0.4, -0.2) is 22.2 Å². The molecule has 4 nitrogen and oxygen atoms in total. The lowest BCUT2D eigenvalue weighted by molar-refractivity contribution is -0.137. The third kappa shape index (κ3) is 4.19. The fourth-order valence-corrected chi connectivity index (χ4v) is 2.59. The molecule has 0 aliphatic carbocycles. The van der Waals surface area contributed by atoms with Crippen molar-refractivity contribution in [1.29, 1.82) is 0 Å². The average Bonchev–Trinajstić information content (AvgIpc) is 2.47. The van der Waals surface area contributed by atoms with Gasteiger partial charge in [-0.1, -0.05) is 62.4 Å². The van der Waals surface area contributed by atoms with Crippen LogP contribution in [0.3, 0.4) is 0 Å². The molecule has 0 bridgehead atoms. The summed E-state index contributed by atoms with van der Waals surface area (Å²) in [5.74, 6) is -1.68. The Labute approximate surface area is 135 Å². The van der Waals surface area contributed by atoms with E-state index in [1.165, 1.54) is 0 Å². The number of hydrogen-bond acceptors (Lipinski definition) is 2. The zero-order chi connectivity index (χ0) is 17.0. The smallest absolute Gasteiger partial charge is 0.307 e. The molecule has 2 rings (SSSR count). The van der Waals surface area contributed by atoms with E-state index in [1.807, 2.05) is 48.5 Å². The molecule has 0 radical (unpaired) electrons. The van der Waals surface area contributed by atoms with Crippen LogP contribution in [0.5, 0.6) is 0 Å². The lowest BCUT2D eigenvalue weighted by atomic mass is 9.77. The number of carboxylic acids is 2. The van der Waals surface area contributed by atoms with E-state index < -0.39 is 11.9 Å². The van der Waals surface area contributed by atoms with Gasteiger partial charge < -0.3 is 10.2 Å². The molecule has 0 aliphatic heterocycles. The summed E-state index contributed by atoms with van der Waals surface area (Å²) >= 11 is 0. The van der Waals surface area contributed by atoms with Gasteiger partial charge in [-0.25, -0.2) is 0 Å². The van der Waals surface area contributed by atoms with Gasteiger partial charge in [-0.15, -0.1) is 0 Å². The van der Waals surface area contributed by atoms with Gasteiger partial charge in [0.05, 0.1) is 12.8 Å². The van der Waals surface area contributed by atoms with Crippen LogP contribution < -0.4 is 0 Å². The minimum absolute atomic E-state index is 0.0184. The van der Waals surface area contributed by atoms with Crippen molar-refractivity contribution in [2.24, 2.45) is 0 Å². The molecular formula is C19H20O4. The zero-order valence-corrected chi connectivity index (χ0v) is 13.2. The van der Waals surface area contributed by atoms with Crippen LogP contribution in [0.1, 0.15) is 36.1 Å². The van der Waals surface area contributed by atoms with Crippen LogP contribution in [0.2, 0.25) is 0 Å². The summed E-state index contributed by atoms with van der Waals surface area (Å²) in [6.45, 7) is 4.18. The molecule has 0 atom stereocenters. The highest BCUT2D eigenvalue weighted by molar-refractivity contribution is 5.70. The molecular weight excluding hydrogens is 292 g/mol. The molecule has 23 heavy (non-hydrogen) atoms. The van der Waals surface area contributed by atoms with Crippen LogP contribution in [0.25, 0.3) is 0 Å². The Morgan fingerprint density at radius 3 is 1.30 bits per heavy atom.